The van der Waals surface area contributed by atoms with E-state index in [2.05, 4.69) is 41.8 Å². The number of H-pyrrole nitrogens is 1. The van der Waals surface area contributed by atoms with Crippen LogP contribution in [-0.2, 0) is 5.41 Å². The van der Waals surface area contributed by atoms with E-state index in [1.54, 1.807) is 0 Å². The maximum atomic E-state index is 13.6. The number of carbonyl (C=O) groups excluding carboxylic acids is 1. The first-order chi connectivity index (χ1) is 14.3. The molecule has 1 saturated heterocycles. The zero-order valence-electron chi connectivity index (χ0n) is 16.9. The number of aromatic nitrogens is 1. The second-order valence-corrected chi connectivity index (χ2v) is 9.62. The lowest BCUT2D eigenvalue weighted by atomic mass is 9.71. The Bertz CT molecular complexity index is 1290. The van der Waals surface area contributed by atoms with E-state index in [4.69, 9.17) is 6.42 Å². The summed E-state index contributed by atoms with van der Waals surface area (Å²) in [6, 6.07) is 7.89. The Morgan fingerprint density at radius 3 is 2.70 bits per heavy atom. The summed E-state index contributed by atoms with van der Waals surface area (Å²) >= 11 is 1.35. The van der Waals surface area contributed by atoms with Crippen LogP contribution in [0.5, 0.6) is 0 Å². The molecular formula is C24H21N3O2S. The highest BCUT2D eigenvalue weighted by molar-refractivity contribution is 7.20. The number of carbonyl (C=O) groups is 1. The smallest absolute Gasteiger partial charge is 0.196 e. The van der Waals surface area contributed by atoms with E-state index in [1.807, 2.05) is 12.1 Å². The summed E-state index contributed by atoms with van der Waals surface area (Å²) < 4.78 is 0.835. The first-order valence-electron chi connectivity index (χ1n) is 10.0. The number of nitriles is 1. The van der Waals surface area contributed by atoms with Gasteiger partial charge >= 0.3 is 0 Å². The third-order valence-electron chi connectivity index (χ3n) is 6.45. The van der Waals surface area contributed by atoms with E-state index in [0.29, 0.717) is 34.4 Å². The number of nitrogens with one attached hydrogen (secondary N) is 1. The Kier molecular flexibility index (Phi) is 4.08. The van der Waals surface area contributed by atoms with Gasteiger partial charge in [-0.3, -0.25) is 4.79 Å². The van der Waals surface area contributed by atoms with E-state index >= 15 is 0 Å². The van der Waals surface area contributed by atoms with Crippen molar-refractivity contribution in [1.82, 2.24) is 4.98 Å². The highest BCUT2D eigenvalue weighted by Crippen LogP contribution is 2.47. The minimum Gasteiger partial charge on any atom is -0.393 e. The van der Waals surface area contributed by atoms with Gasteiger partial charge in [-0.1, -0.05) is 19.8 Å². The van der Waals surface area contributed by atoms with E-state index in [1.165, 1.54) is 11.3 Å². The Hall–Kier alpha value is -3.06. The number of terminal acetylenes is 1. The molecule has 2 aliphatic rings. The molecule has 0 bridgehead atoms. The second kappa shape index (κ2) is 6.47. The van der Waals surface area contributed by atoms with Gasteiger partial charge in [0.15, 0.2) is 5.78 Å². The van der Waals surface area contributed by atoms with Gasteiger partial charge in [-0.15, -0.1) is 17.8 Å². The molecule has 5 nitrogen and oxygen atoms in total. The number of benzene rings is 1. The van der Waals surface area contributed by atoms with Crippen LogP contribution in [0.1, 0.15) is 64.3 Å². The summed E-state index contributed by atoms with van der Waals surface area (Å²) in [6.07, 6.45) is 6.99. The van der Waals surface area contributed by atoms with Crippen molar-refractivity contribution in [3.8, 4) is 18.4 Å². The number of aromatic amines is 1. The monoisotopic (exact) mass is 415 g/mol. The molecule has 30 heavy (non-hydrogen) atoms. The fourth-order valence-corrected chi connectivity index (χ4v) is 5.73. The lowest BCUT2D eigenvalue weighted by molar-refractivity contribution is 0.103. The van der Waals surface area contributed by atoms with Crippen LogP contribution in [0, 0.1) is 23.7 Å². The first-order valence-corrected chi connectivity index (χ1v) is 10.9. The van der Waals surface area contributed by atoms with Crippen molar-refractivity contribution in [1.29, 1.82) is 5.26 Å². The minimum atomic E-state index is -0.415. The number of ketones is 1. The highest BCUT2D eigenvalue weighted by atomic mass is 32.1. The Labute approximate surface area is 178 Å². The molecular weight excluding hydrogens is 394 g/mol. The van der Waals surface area contributed by atoms with Crippen molar-refractivity contribution in [2.75, 3.05) is 18.0 Å². The van der Waals surface area contributed by atoms with Crippen molar-refractivity contribution in [2.45, 2.75) is 38.2 Å². The second-order valence-electron chi connectivity index (χ2n) is 8.57. The van der Waals surface area contributed by atoms with Crippen LogP contribution in [0.25, 0.3) is 10.2 Å². The normalized spacial score (nSPS) is 18.0. The van der Waals surface area contributed by atoms with Crippen LogP contribution >= 0.6 is 11.3 Å². The molecule has 3 heterocycles. The SMILES string of the molecule is C#Cc1cc2c(cc1N1CCC(O)CC1)C(C)(C)c1[nH]c3cc(C#N)sc3c1C2=O. The van der Waals surface area contributed by atoms with Crippen LogP contribution in [-0.4, -0.2) is 35.1 Å². The number of aliphatic hydroxyl groups is 1. The molecule has 0 spiro atoms. The summed E-state index contributed by atoms with van der Waals surface area (Å²) in [5.74, 6) is 2.72. The number of nitrogens with zero attached hydrogens (tertiary/aromatic N) is 2. The maximum absolute atomic E-state index is 13.6. The molecule has 5 rings (SSSR count). The number of hydrogen-bond acceptors (Lipinski definition) is 5. The standard InChI is InChI=1S/C24H21N3O2S/c1-4-13-9-16-17(11-19(13)27-7-5-14(28)6-8-27)24(2,3)23-20(21(16)29)22-18(26-23)10-15(12-25)30-22/h1,9-11,14,26,28H,5-8H2,2-3H3. The average Bonchev–Trinajstić information content (AvgIpc) is 3.30. The number of thiophene rings is 1. The van der Waals surface area contributed by atoms with Crippen molar-refractivity contribution in [3.05, 3.63) is 51.0 Å². The molecule has 1 aliphatic carbocycles. The van der Waals surface area contributed by atoms with Crippen LogP contribution in [0.4, 0.5) is 5.69 Å². The van der Waals surface area contributed by atoms with Crippen molar-refractivity contribution < 1.29 is 9.90 Å². The van der Waals surface area contributed by atoms with Crippen molar-refractivity contribution in [2.24, 2.45) is 0 Å². The molecule has 0 amide bonds. The number of aliphatic hydroxyl groups excluding tert-OH is 1. The third-order valence-corrected chi connectivity index (χ3v) is 7.50. The summed E-state index contributed by atoms with van der Waals surface area (Å²) in [4.78, 5) is 19.8. The van der Waals surface area contributed by atoms with Crippen LogP contribution in [0.3, 0.4) is 0 Å². The molecule has 1 aromatic carbocycles. The molecule has 2 N–H and O–H groups in total. The van der Waals surface area contributed by atoms with Gasteiger partial charge in [-0.2, -0.15) is 5.26 Å². The molecule has 0 radical (unpaired) electrons. The molecule has 0 atom stereocenters. The van der Waals surface area contributed by atoms with Gasteiger partial charge in [-0.25, -0.2) is 0 Å². The van der Waals surface area contributed by atoms with Gasteiger partial charge in [0.05, 0.1) is 27.6 Å². The van der Waals surface area contributed by atoms with Gasteiger partial charge in [0.25, 0.3) is 0 Å². The number of anilines is 1. The van der Waals surface area contributed by atoms with Gasteiger partial charge in [0.1, 0.15) is 10.9 Å². The molecule has 0 saturated carbocycles. The van der Waals surface area contributed by atoms with Gasteiger partial charge in [-0.05, 0) is 36.6 Å². The Balaban J connectivity index is 1.70. The highest BCUT2D eigenvalue weighted by Gasteiger charge is 2.41. The minimum absolute atomic E-state index is 0.0472. The molecule has 150 valence electrons. The van der Waals surface area contributed by atoms with Crippen LogP contribution in [0.2, 0.25) is 0 Å². The predicted octanol–water partition coefficient (Wildman–Crippen LogP) is 3.91. The fraction of sp³-hybridized carbons (Fsp3) is 0.333. The summed E-state index contributed by atoms with van der Waals surface area (Å²) in [6.45, 7) is 5.70. The van der Waals surface area contributed by atoms with E-state index in [0.717, 1.165) is 40.3 Å². The number of fused-ring (bicyclic) bond motifs is 4. The van der Waals surface area contributed by atoms with Crippen molar-refractivity contribution >= 4 is 33.0 Å². The summed E-state index contributed by atoms with van der Waals surface area (Å²) in [5.41, 5.74) is 5.20. The van der Waals surface area contributed by atoms with Gasteiger partial charge < -0.3 is 15.0 Å². The summed E-state index contributed by atoms with van der Waals surface area (Å²) in [7, 11) is 0. The fourth-order valence-electron chi connectivity index (χ4n) is 4.77. The zero-order chi connectivity index (χ0) is 21.2. The quantitative estimate of drug-likeness (QED) is 0.591. The molecule has 6 heteroatoms. The molecule has 3 aromatic rings. The number of piperidine rings is 1. The third kappa shape index (κ3) is 2.55. The first kappa shape index (κ1) is 18.9. The average molecular weight is 416 g/mol. The Morgan fingerprint density at radius 2 is 2.03 bits per heavy atom. The van der Waals surface area contributed by atoms with Crippen LogP contribution in [0.15, 0.2) is 18.2 Å². The molecule has 1 fully saturated rings. The van der Waals surface area contributed by atoms with Gasteiger partial charge in [0, 0.05) is 35.3 Å². The molecule has 0 unspecified atom stereocenters. The van der Waals surface area contributed by atoms with Crippen LogP contribution < -0.4 is 4.90 Å². The van der Waals surface area contributed by atoms with E-state index in [9.17, 15) is 15.2 Å². The maximum Gasteiger partial charge on any atom is 0.196 e. The lowest BCUT2D eigenvalue weighted by Gasteiger charge is -2.36. The topological polar surface area (TPSA) is 80.1 Å². The van der Waals surface area contributed by atoms with E-state index < -0.39 is 5.41 Å². The molecule has 1 aliphatic heterocycles. The summed E-state index contributed by atoms with van der Waals surface area (Å²) in [5, 5.41) is 19.1. The van der Waals surface area contributed by atoms with E-state index in [-0.39, 0.29) is 11.9 Å². The Morgan fingerprint density at radius 1 is 1.30 bits per heavy atom. The molecule has 2 aromatic heterocycles. The number of rotatable bonds is 1. The zero-order valence-corrected chi connectivity index (χ0v) is 17.7. The lowest BCUT2D eigenvalue weighted by Crippen LogP contribution is -2.37. The predicted molar refractivity (Wildman–Crippen MR) is 118 cm³/mol. The largest absolute Gasteiger partial charge is 0.393 e. The van der Waals surface area contributed by atoms with Gasteiger partial charge in [0.2, 0.25) is 0 Å². The van der Waals surface area contributed by atoms with Crippen molar-refractivity contribution in [3.63, 3.8) is 0 Å². The number of hydrogen-bond donors (Lipinski definition) is 2.